The summed E-state index contributed by atoms with van der Waals surface area (Å²) in [6.45, 7) is 4.75. The summed E-state index contributed by atoms with van der Waals surface area (Å²) in [5.74, 6) is 0.800. The molecule has 0 saturated carbocycles. The third-order valence-corrected chi connectivity index (χ3v) is 2.04. The molecule has 0 aromatic carbocycles. The second kappa shape index (κ2) is 5.50. The van der Waals surface area contributed by atoms with Gasteiger partial charge in [-0.2, -0.15) is 0 Å². The normalized spacial score (nSPS) is 10.5. The molecule has 1 aromatic rings. The van der Waals surface area contributed by atoms with Gasteiger partial charge in [-0.1, -0.05) is 13.3 Å². The van der Waals surface area contributed by atoms with Crippen molar-refractivity contribution in [1.29, 1.82) is 0 Å². The Labute approximate surface area is 88.7 Å². The average Bonchev–Trinajstić information content (AvgIpc) is 2.20. The maximum Gasteiger partial charge on any atom is 0.256 e. The molecule has 1 heterocycles. The maximum absolute atomic E-state index is 11.6. The minimum atomic E-state index is -0.154. The predicted octanol–water partition coefficient (Wildman–Crippen LogP) is 0.841. The molecule has 0 amide bonds. The first kappa shape index (κ1) is 11.7. The van der Waals surface area contributed by atoms with E-state index in [2.05, 4.69) is 9.97 Å². The van der Waals surface area contributed by atoms with Gasteiger partial charge < -0.3 is 15.5 Å². The number of hydrogen-bond acceptors (Lipinski definition) is 4. The second-order valence-corrected chi connectivity index (χ2v) is 3.26. The second-order valence-electron chi connectivity index (χ2n) is 3.26. The van der Waals surface area contributed by atoms with Gasteiger partial charge in [0.1, 0.15) is 18.2 Å². The van der Waals surface area contributed by atoms with E-state index in [1.165, 1.54) is 0 Å². The van der Waals surface area contributed by atoms with Crippen molar-refractivity contribution in [2.24, 2.45) is 0 Å². The fourth-order valence-corrected chi connectivity index (χ4v) is 1.32. The predicted molar refractivity (Wildman–Crippen MR) is 58.6 cm³/mol. The zero-order valence-electron chi connectivity index (χ0n) is 9.17. The summed E-state index contributed by atoms with van der Waals surface area (Å²) in [4.78, 5) is 18.3. The van der Waals surface area contributed by atoms with Crippen molar-refractivity contribution in [2.45, 2.75) is 33.3 Å². The minimum absolute atomic E-state index is 0.154. The molecule has 0 aliphatic carbocycles. The molecule has 0 atom stereocenters. The van der Waals surface area contributed by atoms with E-state index < -0.39 is 0 Å². The largest absolute Gasteiger partial charge is 0.383 e. The van der Waals surface area contributed by atoms with E-state index >= 15 is 0 Å². The fourth-order valence-electron chi connectivity index (χ4n) is 1.32. The van der Waals surface area contributed by atoms with Crippen molar-refractivity contribution in [1.82, 2.24) is 9.97 Å². The van der Waals surface area contributed by atoms with Gasteiger partial charge in [-0.15, -0.1) is 0 Å². The van der Waals surface area contributed by atoms with E-state index in [1.807, 2.05) is 13.8 Å². The molecule has 84 valence electrons. The van der Waals surface area contributed by atoms with Crippen LogP contribution in [0.2, 0.25) is 0 Å². The Balaban J connectivity index is 2.92. The van der Waals surface area contributed by atoms with Crippen molar-refractivity contribution in [3.63, 3.8) is 0 Å². The summed E-state index contributed by atoms with van der Waals surface area (Å²) in [5, 5.41) is 0. The van der Waals surface area contributed by atoms with Crippen LogP contribution in [0.25, 0.3) is 0 Å². The van der Waals surface area contributed by atoms with Gasteiger partial charge in [0.25, 0.3) is 5.56 Å². The Morgan fingerprint density at radius 3 is 2.73 bits per heavy atom. The number of H-pyrrole nitrogens is 1. The fraction of sp³-hybridized carbons (Fsp3) is 0.600. The monoisotopic (exact) mass is 211 g/mol. The molecule has 0 spiro atoms. The highest BCUT2D eigenvalue weighted by Gasteiger charge is 2.07. The molecule has 15 heavy (non-hydrogen) atoms. The van der Waals surface area contributed by atoms with E-state index in [1.54, 1.807) is 0 Å². The van der Waals surface area contributed by atoms with E-state index in [9.17, 15) is 4.79 Å². The molecule has 5 heteroatoms. The quantitative estimate of drug-likeness (QED) is 0.756. The zero-order chi connectivity index (χ0) is 11.3. The van der Waals surface area contributed by atoms with Gasteiger partial charge >= 0.3 is 0 Å². The van der Waals surface area contributed by atoms with E-state index in [0.29, 0.717) is 36.8 Å². The lowest BCUT2D eigenvalue weighted by molar-refractivity contribution is 0.128. The van der Waals surface area contributed by atoms with E-state index in [-0.39, 0.29) is 5.56 Å². The van der Waals surface area contributed by atoms with Crippen molar-refractivity contribution in [3.8, 4) is 0 Å². The molecule has 0 saturated heterocycles. The number of aromatic nitrogens is 2. The third-order valence-electron chi connectivity index (χ3n) is 2.04. The van der Waals surface area contributed by atoms with Crippen LogP contribution < -0.4 is 11.3 Å². The van der Waals surface area contributed by atoms with Crippen molar-refractivity contribution >= 4 is 5.82 Å². The van der Waals surface area contributed by atoms with Crippen molar-refractivity contribution in [2.75, 3.05) is 12.3 Å². The maximum atomic E-state index is 11.6. The van der Waals surface area contributed by atoms with Gasteiger partial charge in [0.05, 0.1) is 5.56 Å². The molecule has 5 nitrogen and oxygen atoms in total. The van der Waals surface area contributed by atoms with Crippen molar-refractivity contribution in [3.05, 3.63) is 21.7 Å². The summed E-state index contributed by atoms with van der Waals surface area (Å²) in [5.41, 5.74) is 6.11. The van der Waals surface area contributed by atoms with Gasteiger partial charge in [0, 0.05) is 6.61 Å². The minimum Gasteiger partial charge on any atom is -0.383 e. The number of hydrogen-bond donors (Lipinski definition) is 2. The number of nitrogens with one attached hydrogen (secondary N) is 1. The molecule has 0 aliphatic heterocycles. The lowest BCUT2D eigenvalue weighted by Crippen LogP contribution is -2.20. The Morgan fingerprint density at radius 1 is 1.47 bits per heavy atom. The number of ether oxygens (including phenoxy) is 1. The summed E-state index contributed by atoms with van der Waals surface area (Å²) in [6, 6.07) is 0. The number of nitrogens with two attached hydrogens (primary N) is 1. The molecule has 3 N–H and O–H groups in total. The van der Waals surface area contributed by atoms with Crippen LogP contribution in [0.5, 0.6) is 0 Å². The highest BCUT2D eigenvalue weighted by molar-refractivity contribution is 5.37. The SMILES string of the molecule is CCCc1c(N)nc(COCC)[nH]c1=O. The Kier molecular flexibility index (Phi) is 4.30. The van der Waals surface area contributed by atoms with Crippen LogP contribution >= 0.6 is 0 Å². The molecule has 1 aromatic heterocycles. The van der Waals surface area contributed by atoms with Gasteiger partial charge in [0.15, 0.2) is 0 Å². The summed E-state index contributed by atoms with van der Waals surface area (Å²) >= 11 is 0. The van der Waals surface area contributed by atoms with Crippen LogP contribution in [-0.2, 0) is 17.8 Å². The summed E-state index contributed by atoms with van der Waals surface area (Å²) < 4.78 is 5.14. The molecule has 1 rings (SSSR count). The van der Waals surface area contributed by atoms with Gasteiger partial charge in [-0.3, -0.25) is 4.79 Å². The topological polar surface area (TPSA) is 81.0 Å². The number of aromatic amines is 1. The summed E-state index contributed by atoms with van der Waals surface area (Å²) in [6.07, 6.45) is 1.53. The molecular formula is C10H17N3O2. The Bertz CT molecular complexity index is 373. The van der Waals surface area contributed by atoms with Crippen molar-refractivity contribution < 1.29 is 4.74 Å². The Hall–Kier alpha value is -1.36. The molecule has 0 bridgehead atoms. The van der Waals surface area contributed by atoms with Crippen LogP contribution in [0.4, 0.5) is 5.82 Å². The number of anilines is 1. The number of rotatable bonds is 5. The van der Waals surface area contributed by atoms with Crippen LogP contribution in [0.1, 0.15) is 31.7 Å². The zero-order valence-corrected chi connectivity index (χ0v) is 9.17. The first-order valence-corrected chi connectivity index (χ1v) is 5.14. The first-order chi connectivity index (χ1) is 7.19. The average molecular weight is 211 g/mol. The van der Waals surface area contributed by atoms with E-state index in [4.69, 9.17) is 10.5 Å². The first-order valence-electron chi connectivity index (χ1n) is 5.14. The van der Waals surface area contributed by atoms with Crippen LogP contribution in [0.3, 0.4) is 0 Å². The number of nitrogen functional groups attached to an aromatic ring is 1. The standard InChI is InChI=1S/C10H17N3O2/c1-3-5-7-9(11)12-8(6-15-4-2)13-10(7)14/h3-6H2,1-2H3,(H3,11,12,13,14). The molecule has 0 fully saturated rings. The van der Waals surface area contributed by atoms with Gasteiger partial charge in [0.2, 0.25) is 0 Å². The molecular weight excluding hydrogens is 194 g/mol. The molecule has 0 unspecified atom stereocenters. The van der Waals surface area contributed by atoms with Gasteiger partial charge in [-0.25, -0.2) is 4.98 Å². The summed E-state index contributed by atoms with van der Waals surface area (Å²) in [7, 11) is 0. The smallest absolute Gasteiger partial charge is 0.256 e. The van der Waals surface area contributed by atoms with Crippen LogP contribution in [0.15, 0.2) is 4.79 Å². The molecule has 0 radical (unpaired) electrons. The lowest BCUT2D eigenvalue weighted by Gasteiger charge is -2.05. The lowest BCUT2D eigenvalue weighted by atomic mass is 10.2. The molecule has 0 aliphatic rings. The Morgan fingerprint density at radius 2 is 2.20 bits per heavy atom. The van der Waals surface area contributed by atoms with Crippen LogP contribution in [-0.4, -0.2) is 16.6 Å². The van der Waals surface area contributed by atoms with Crippen LogP contribution in [0, 0.1) is 0 Å². The van der Waals surface area contributed by atoms with Gasteiger partial charge in [-0.05, 0) is 13.3 Å². The highest BCUT2D eigenvalue weighted by Crippen LogP contribution is 2.05. The highest BCUT2D eigenvalue weighted by atomic mass is 16.5. The third kappa shape index (κ3) is 3.06. The number of nitrogens with zero attached hydrogens (tertiary/aromatic N) is 1. The van der Waals surface area contributed by atoms with E-state index in [0.717, 1.165) is 6.42 Å².